The lowest BCUT2D eigenvalue weighted by Gasteiger charge is -2.10. The average molecular weight is 334 g/mol. The first-order valence-electron chi connectivity index (χ1n) is 6.99. The molecule has 0 saturated heterocycles. The van der Waals surface area contributed by atoms with Crippen LogP contribution in [0.3, 0.4) is 0 Å². The molecule has 0 atom stereocenters. The highest BCUT2D eigenvalue weighted by Crippen LogP contribution is 2.19. The molecule has 1 aromatic heterocycles. The molecule has 23 heavy (non-hydrogen) atoms. The molecule has 3 N–H and O–H groups in total. The minimum Gasteiger partial charge on any atom is -0.497 e. The van der Waals surface area contributed by atoms with E-state index in [2.05, 4.69) is 20.8 Å². The highest BCUT2D eigenvalue weighted by molar-refractivity contribution is 7.80. The molecule has 0 radical (unpaired) electrons. The summed E-state index contributed by atoms with van der Waals surface area (Å²) < 4.78 is 10.1. The lowest BCUT2D eigenvalue weighted by atomic mass is 10.2. The summed E-state index contributed by atoms with van der Waals surface area (Å²) in [4.78, 5) is 12.0. The van der Waals surface area contributed by atoms with Crippen LogP contribution in [0.2, 0.25) is 0 Å². The molecule has 1 aromatic carbocycles. The zero-order chi connectivity index (χ0) is 16.8. The van der Waals surface area contributed by atoms with Crippen molar-refractivity contribution in [1.29, 1.82) is 0 Å². The van der Waals surface area contributed by atoms with E-state index in [0.29, 0.717) is 22.2 Å². The number of aryl methyl sites for hydroxylation is 1. The van der Waals surface area contributed by atoms with Crippen molar-refractivity contribution >= 4 is 34.8 Å². The molecule has 0 bridgehead atoms. The summed E-state index contributed by atoms with van der Waals surface area (Å²) in [6, 6.07) is 7.28. The maximum absolute atomic E-state index is 12.0. The number of esters is 1. The number of H-pyrrole nitrogens is 1. The van der Waals surface area contributed by atoms with E-state index in [-0.39, 0.29) is 6.61 Å². The Morgan fingerprint density at radius 1 is 1.30 bits per heavy atom. The van der Waals surface area contributed by atoms with Gasteiger partial charge in [0.25, 0.3) is 0 Å². The van der Waals surface area contributed by atoms with Crippen LogP contribution in [-0.2, 0) is 4.74 Å². The standard InChI is InChI=1S/C15H18N4O3S/c1-4-22-14(20)12-9(2)18-19-13(12)17-15(23)16-10-5-7-11(21-3)8-6-10/h5-8H,4H2,1-3H3,(H3,16,17,18,19,23). The first-order chi connectivity index (χ1) is 11.0. The first kappa shape index (κ1) is 16.8. The fraction of sp³-hybridized carbons (Fsp3) is 0.267. The maximum Gasteiger partial charge on any atom is 0.343 e. The van der Waals surface area contributed by atoms with Gasteiger partial charge < -0.3 is 20.1 Å². The Balaban J connectivity index is 2.06. The average Bonchev–Trinajstić information content (AvgIpc) is 2.88. The number of hydrogen-bond acceptors (Lipinski definition) is 5. The van der Waals surface area contributed by atoms with Gasteiger partial charge >= 0.3 is 5.97 Å². The third-order valence-electron chi connectivity index (χ3n) is 3.01. The Hall–Kier alpha value is -2.61. The van der Waals surface area contributed by atoms with Crippen LogP contribution >= 0.6 is 12.2 Å². The van der Waals surface area contributed by atoms with Crippen molar-refractivity contribution < 1.29 is 14.3 Å². The predicted octanol–water partition coefficient (Wildman–Crippen LogP) is 2.71. The van der Waals surface area contributed by atoms with Crippen LogP contribution < -0.4 is 15.4 Å². The first-order valence-corrected chi connectivity index (χ1v) is 7.40. The summed E-state index contributed by atoms with van der Waals surface area (Å²) in [6.45, 7) is 3.78. The van der Waals surface area contributed by atoms with Crippen molar-refractivity contribution in [2.75, 3.05) is 24.4 Å². The number of aromatic nitrogens is 2. The summed E-state index contributed by atoms with van der Waals surface area (Å²) in [5.74, 6) is 0.627. The van der Waals surface area contributed by atoms with Crippen LogP contribution in [0.4, 0.5) is 11.5 Å². The van der Waals surface area contributed by atoms with E-state index >= 15 is 0 Å². The van der Waals surface area contributed by atoms with Crippen LogP contribution in [0.1, 0.15) is 23.0 Å². The van der Waals surface area contributed by atoms with Crippen LogP contribution in [0.25, 0.3) is 0 Å². The molecule has 0 amide bonds. The van der Waals surface area contributed by atoms with Gasteiger partial charge in [-0.3, -0.25) is 5.10 Å². The molecule has 0 spiro atoms. The van der Waals surface area contributed by atoms with Crippen molar-refractivity contribution in [1.82, 2.24) is 10.2 Å². The number of carbonyl (C=O) groups excluding carboxylic acids is 1. The van der Waals surface area contributed by atoms with E-state index in [1.54, 1.807) is 21.0 Å². The van der Waals surface area contributed by atoms with E-state index in [1.807, 2.05) is 24.3 Å². The van der Waals surface area contributed by atoms with Crippen LogP contribution in [0, 0.1) is 6.92 Å². The molecule has 2 aromatic rings. The maximum atomic E-state index is 12.0. The monoisotopic (exact) mass is 334 g/mol. The van der Waals surface area contributed by atoms with Gasteiger partial charge in [0, 0.05) is 11.4 Å². The van der Waals surface area contributed by atoms with Gasteiger partial charge in [0.05, 0.1) is 13.7 Å². The Kier molecular flexibility index (Phi) is 5.53. The van der Waals surface area contributed by atoms with Crippen molar-refractivity contribution in [2.24, 2.45) is 0 Å². The van der Waals surface area contributed by atoms with Crippen LogP contribution in [0.15, 0.2) is 24.3 Å². The number of ether oxygens (including phenoxy) is 2. The Morgan fingerprint density at radius 3 is 2.61 bits per heavy atom. The van der Waals surface area contributed by atoms with E-state index in [4.69, 9.17) is 21.7 Å². The number of aromatic amines is 1. The summed E-state index contributed by atoms with van der Waals surface area (Å²) in [7, 11) is 1.60. The largest absolute Gasteiger partial charge is 0.497 e. The molecular formula is C15H18N4O3S. The van der Waals surface area contributed by atoms with Gasteiger partial charge in [0.2, 0.25) is 0 Å². The molecule has 0 unspecified atom stereocenters. The number of nitrogens with one attached hydrogen (secondary N) is 3. The summed E-state index contributed by atoms with van der Waals surface area (Å²) in [5.41, 5.74) is 1.73. The second-order valence-electron chi connectivity index (χ2n) is 4.60. The number of carbonyl (C=O) groups is 1. The Bertz CT molecular complexity index is 697. The smallest absolute Gasteiger partial charge is 0.343 e. The van der Waals surface area contributed by atoms with Crippen molar-refractivity contribution in [3.05, 3.63) is 35.5 Å². The molecule has 0 aliphatic carbocycles. The Morgan fingerprint density at radius 2 is 2.00 bits per heavy atom. The molecule has 0 aliphatic heterocycles. The number of thiocarbonyl (C=S) groups is 1. The van der Waals surface area contributed by atoms with E-state index in [1.165, 1.54) is 0 Å². The zero-order valence-corrected chi connectivity index (χ0v) is 13.9. The van der Waals surface area contributed by atoms with Crippen molar-refractivity contribution in [3.8, 4) is 5.75 Å². The Labute approximate surface area is 139 Å². The van der Waals surface area contributed by atoms with Gasteiger partial charge in [-0.2, -0.15) is 5.10 Å². The molecule has 122 valence electrons. The van der Waals surface area contributed by atoms with Gasteiger partial charge in [0.15, 0.2) is 10.9 Å². The minimum atomic E-state index is -0.450. The minimum absolute atomic E-state index is 0.289. The molecule has 0 saturated carbocycles. The van der Waals surface area contributed by atoms with Crippen molar-refractivity contribution in [2.45, 2.75) is 13.8 Å². The number of anilines is 2. The molecule has 1 heterocycles. The number of hydrogen-bond donors (Lipinski definition) is 3. The third-order valence-corrected chi connectivity index (χ3v) is 3.21. The summed E-state index contributed by atoms with van der Waals surface area (Å²) in [6.07, 6.45) is 0. The topological polar surface area (TPSA) is 88.3 Å². The molecular weight excluding hydrogens is 316 g/mol. The molecule has 0 fully saturated rings. The van der Waals surface area contributed by atoms with Crippen LogP contribution in [-0.4, -0.2) is 35.0 Å². The van der Waals surface area contributed by atoms with E-state index < -0.39 is 5.97 Å². The summed E-state index contributed by atoms with van der Waals surface area (Å²) in [5, 5.41) is 13.0. The molecule has 7 nitrogen and oxygen atoms in total. The van der Waals surface area contributed by atoms with Gasteiger partial charge in [-0.15, -0.1) is 0 Å². The highest BCUT2D eigenvalue weighted by Gasteiger charge is 2.20. The number of methoxy groups -OCH3 is 1. The van der Waals surface area contributed by atoms with E-state index in [0.717, 1.165) is 11.4 Å². The predicted molar refractivity (Wildman–Crippen MR) is 92.1 cm³/mol. The van der Waals surface area contributed by atoms with Gasteiger partial charge in [0.1, 0.15) is 11.3 Å². The lowest BCUT2D eigenvalue weighted by Crippen LogP contribution is -2.21. The number of benzene rings is 1. The SMILES string of the molecule is CCOC(=O)c1c(NC(=S)Nc2ccc(OC)cc2)n[nH]c1C. The second-order valence-corrected chi connectivity index (χ2v) is 5.01. The van der Waals surface area contributed by atoms with Gasteiger partial charge in [-0.1, -0.05) is 0 Å². The van der Waals surface area contributed by atoms with Gasteiger partial charge in [-0.25, -0.2) is 4.79 Å². The molecule has 0 aliphatic rings. The quantitative estimate of drug-likeness (QED) is 0.572. The lowest BCUT2D eigenvalue weighted by molar-refractivity contribution is 0.0527. The zero-order valence-electron chi connectivity index (χ0n) is 13.1. The number of nitrogens with zero attached hydrogens (tertiary/aromatic N) is 1. The van der Waals surface area contributed by atoms with Crippen LogP contribution in [0.5, 0.6) is 5.75 Å². The normalized spacial score (nSPS) is 10.0. The summed E-state index contributed by atoms with van der Waals surface area (Å²) >= 11 is 5.24. The van der Waals surface area contributed by atoms with Gasteiger partial charge in [-0.05, 0) is 50.3 Å². The fourth-order valence-corrected chi connectivity index (χ4v) is 2.13. The molecule has 8 heteroatoms. The second kappa shape index (κ2) is 7.59. The van der Waals surface area contributed by atoms with E-state index in [9.17, 15) is 4.79 Å². The fourth-order valence-electron chi connectivity index (χ4n) is 1.92. The molecule has 2 rings (SSSR count). The highest BCUT2D eigenvalue weighted by atomic mass is 32.1. The third kappa shape index (κ3) is 4.19. The van der Waals surface area contributed by atoms with Crippen molar-refractivity contribution in [3.63, 3.8) is 0 Å². The number of rotatable bonds is 5.